The fraction of sp³-hybridized carbons (Fsp3) is 0.231. The summed E-state index contributed by atoms with van der Waals surface area (Å²) in [6.07, 6.45) is 0. The summed E-state index contributed by atoms with van der Waals surface area (Å²) < 4.78 is 5.58. The smallest absolute Gasteiger partial charge is 0.355 e. The average Bonchev–Trinajstić information content (AvgIpc) is 2.68. The third-order valence-electron chi connectivity index (χ3n) is 2.40. The van der Waals surface area contributed by atoms with Crippen LogP contribution in [0.25, 0.3) is 0 Å². The van der Waals surface area contributed by atoms with Gasteiger partial charge in [0.2, 0.25) is 0 Å². The summed E-state index contributed by atoms with van der Waals surface area (Å²) >= 11 is 1.35. The minimum absolute atomic E-state index is 0.114. The second-order valence-electron chi connectivity index (χ2n) is 3.92. The van der Waals surface area contributed by atoms with E-state index in [4.69, 9.17) is 9.84 Å². The fourth-order valence-electron chi connectivity index (χ4n) is 1.56. The van der Waals surface area contributed by atoms with Crippen LogP contribution >= 0.6 is 11.3 Å². The molecule has 0 atom stereocenters. The topological polar surface area (TPSA) is 59.4 Å². The first-order valence-electron chi connectivity index (χ1n) is 5.45. The van der Waals surface area contributed by atoms with Crippen LogP contribution in [0, 0.1) is 13.8 Å². The van der Waals surface area contributed by atoms with Gasteiger partial charge in [-0.1, -0.05) is 12.1 Å². The molecule has 0 saturated carbocycles. The van der Waals surface area contributed by atoms with Crippen LogP contribution in [0.5, 0.6) is 5.75 Å². The zero-order valence-corrected chi connectivity index (χ0v) is 11.0. The van der Waals surface area contributed by atoms with Crippen molar-refractivity contribution in [3.63, 3.8) is 0 Å². The molecule has 0 spiro atoms. The maximum atomic E-state index is 10.9. The number of ether oxygens (including phenoxy) is 1. The second kappa shape index (κ2) is 5.18. The van der Waals surface area contributed by atoms with Crippen LogP contribution in [0.1, 0.15) is 25.9 Å². The van der Waals surface area contributed by atoms with E-state index in [0.29, 0.717) is 16.5 Å². The lowest BCUT2D eigenvalue weighted by atomic mass is 10.2. The summed E-state index contributed by atoms with van der Waals surface area (Å²) in [6, 6.07) is 7.70. The third kappa shape index (κ3) is 2.87. The zero-order chi connectivity index (χ0) is 13.1. The van der Waals surface area contributed by atoms with Gasteiger partial charge in [0.05, 0.1) is 0 Å². The number of aryl methyl sites for hydroxylation is 2. The first-order chi connectivity index (χ1) is 8.56. The molecule has 0 aliphatic carbocycles. The van der Waals surface area contributed by atoms with Crippen molar-refractivity contribution >= 4 is 17.3 Å². The van der Waals surface area contributed by atoms with E-state index in [0.717, 1.165) is 11.3 Å². The number of rotatable bonds is 4. The lowest BCUT2D eigenvalue weighted by Crippen LogP contribution is -2.00. The van der Waals surface area contributed by atoms with E-state index in [-0.39, 0.29) is 5.69 Å². The number of aromatic carboxylic acids is 1. The van der Waals surface area contributed by atoms with E-state index in [1.54, 1.807) is 6.92 Å². The van der Waals surface area contributed by atoms with Crippen LogP contribution in [-0.4, -0.2) is 16.1 Å². The summed E-state index contributed by atoms with van der Waals surface area (Å²) in [6.45, 7) is 4.03. The van der Waals surface area contributed by atoms with E-state index in [9.17, 15) is 4.79 Å². The standard InChI is InChI=1S/C13H13NO3S/c1-8-4-3-5-10(6-8)17-7-11-14-12(13(15)16)9(2)18-11/h3-6H,7H2,1-2H3,(H,15,16). The molecule has 0 aliphatic rings. The maximum Gasteiger partial charge on any atom is 0.355 e. The van der Waals surface area contributed by atoms with E-state index in [1.807, 2.05) is 31.2 Å². The summed E-state index contributed by atoms with van der Waals surface area (Å²) in [5.74, 6) is -0.231. The first kappa shape index (κ1) is 12.6. The Morgan fingerprint density at radius 1 is 1.44 bits per heavy atom. The molecule has 5 heteroatoms. The Morgan fingerprint density at radius 2 is 2.22 bits per heavy atom. The van der Waals surface area contributed by atoms with Crippen LogP contribution in [0.4, 0.5) is 0 Å². The van der Waals surface area contributed by atoms with Gasteiger partial charge >= 0.3 is 5.97 Å². The van der Waals surface area contributed by atoms with Crippen molar-refractivity contribution in [1.29, 1.82) is 0 Å². The fourth-order valence-corrected chi connectivity index (χ4v) is 2.40. The molecule has 0 fully saturated rings. The molecule has 18 heavy (non-hydrogen) atoms. The summed E-state index contributed by atoms with van der Waals surface area (Å²) in [7, 11) is 0. The molecule has 1 aromatic carbocycles. The van der Waals surface area contributed by atoms with Gasteiger partial charge in [-0.15, -0.1) is 11.3 Å². The Balaban J connectivity index is 2.06. The number of hydrogen-bond acceptors (Lipinski definition) is 4. The normalized spacial score (nSPS) is 10.3. The highest BCUT2D eigenvalue weighted by Crippen LogP contribution is 2.20. The van der Waals surface area contributed by atoms with Crippen LogP contribution in [0.3, 0.4) is 0 Å². The Morgan fingerprint density at radius 3 is 2.83 bits per heavy atom. The number of carbonyl (C=O) groups is 1. The predicted octanol–water partition coefficient (Wildman–Crippen LogP) is 3.04. The van der Waals surface area contributed by atoms with E-state index < -0.39 is 5.97 Å². The molecule has 1 heterocycles. The lowest BCUT2D eigenvalue weighted by molar-refractivity contribution is 0.0690. The number of aromatic nitrogens is 1. The van der Waals surface area contributed by atoms with E-state index in [2.05, 4.69) is 4.98 Å². The predicted molar refractivity (Wildman–Crippen MR) is 69.3 cm³/mol. The van der Waals surface area contributed by atoms with Gasteiger partial charge in [-0.05, 0) is 31.5 Å². The van der Waals surface area contributed by atoms with Crippen molar-refractivity contribution < 1.29 is 14.6 Å². The SMILES string of the molecule is Cc1cccc(OCc2nc(C(=O)O)c(C)s2)c1. The number of benzene rings is 1. The largest absolute Gasteiger partial charge is 0.486 e. The van der Waals surface area contributed by atoms with E-state index in [1.165, 1.54) is 11.3 Å². The van der Waals surface area contributed by atoms with Gasteiger partial charge in [-0.25, -0.2) is 9.78 Å². The Bertz CT molecular complexity index is 577. The molecule has 1 aromatic heterocycles. The minimum atomic E-state index is -0.995. The highest BCUT2D eigenvalue weighted by Gasteiger charge is 2.14. The van der Waals surface area contributed by atoms with Gasteiger partial charge in [0, 0.05) is 4.88 Å². The quantitative estimate of drug-likeness (QED) is 0.921. The molecule has 0 aliphatic heterocycles. The van der Waals surface area contributed by atoms with Crippen molar-refractivity contribution in [2.45, 2.75) is 20.5 Å². The lowest BCUT2D eigenvalue weighted by Gasteiger charge is -2.04. The Labute approximate surface area is 109 Å². The van der Waals surface area contributed by atoms with Gasteiger partial charge in [0.15, 0.2) is 5.69 Å². The van der Waals surface area contributed by atoms with Gasteiger partial charge in [0.25, 0.3) is 0 Å². The van der Waals surface area contributed by atoms with Crippen LogP contribution in [-0.2, 0) is 6.61 Å². The van der Waals surface area contributed by atoms with Gasteiger partial charge < -0.3 is 9.84 Å². The Hall–Kier alpha value is -1.88. The Kier molecular flexibility index (Phi) is 3.62. The van der Waals surface area contributed by atoms with Crippen molar-refractivity contribution in [3.8, 4) is 5.75 Å². The maximum absolute atomic E-state index is 10.9. The highest BCUT2D eigenvalue weighted by atomic mass is 32.1. The van der Waals surface area contributed by atoms with Crippen molar-refractivity contribution in [3.05, 3.63) is 45.4 Å². The van der Waals surface area contributed by atoms with Crippen molar-refractivity contribution in [2.24, 2.45) is 0 Å². The van der Waals surface area contributed by atoms with Crippen molar-refractivity contribution in [2.75, 3.05) is 0 Å². The molecule has 94 valence electrons. The number of thiazole rings is 1. The molecule has 0 bridgehead atoms. The third-order valence-corrected chi connectivity index (χ3v) is 3.34. The number of nitrogens with zero attached hydrogens (tertiary/aromatic N) is 1. The monoisotopic (exact) mass is 263 g/mol. The van der Waals surface area contributed by atoms with Gasteiger partial charge in [-0.2, -0.15) is 0 Å². The molecular weight excluding hydrogens is 250 g/mol. The van der Waals surface area contributed by atoms with Crippen molar-refractivity contribution in [1.82, 2.24) is 4.98 Å². The zero-order valence-electron chi connectivity index (χ0n) is 10.1. The van der Waals surface area contributed by atoms with Gasteiger partial charge in [-0.3, -0.25) is 0 Å². The summed E-state index contributed by atoms with van der Waals surface area (Å²) in [5.41, 5.74) is 1.23. The van der Waals surface area contributed by atoms with Crippen LogP contribution in [0.2, 0.25) is 0 Å². The molecule has 4 nitrogen and oxygen atoms in total. The average molecular weight is 263 g/mol. The number of carboxylic acids is 1. The highest BCUT2D eigenvalue weighted by molar-refractivity contribution is 7.11. The second-order valence-corrected chi connectivity index (χ2v) is 5.21. The molecule has 1 N–H and O–H groups in total. The van der Waals surface area contributed by atoms with Gasteiger partial charge in [0.1, 0.15) is 17.4 Å². The van der Waals surface area contributed by atoms with Crippen LogP contribution < -0.4 is 4.74 Å². The molecule has 0 saturated heterocycles. The number of carboxylic acid groups (broad SMARTS) is 1. The van der Waals surface area contributed by atoms with Crippen LogP contribution in [0.15, 0.2) is 24.3 Å². The molecule has 0 radical (unpaired) electrons. The first-order valence-corrected chi connectivity index (χ1v) is 6.27. The molecule has 2 aromatic rings. The minimum Gasteiger partial charge on any atom is -0.486 e. The molecule has 2 rings (SSSR count). The molecular formula is C13H13NO3S. The van der Waals surface area contributed by atoms with E-state index >= 15 is 0 Å². The molecule has 0 amide bonds. The number of hydrogen-bond donors (Lipinski definition) is 1. The summed E-state index contributed by atoms with van der Waals surface area (Å²) in [4.78, 5) is 15.6. The summed E-state index contributed by atoms with van der Waals surface area (Å²) in [5, 5.41) is 9.58. The molecule has 0 unspecified atom stereocenters.